The van der Waals surface area contributed by atoms with Crippen LogP contribution < -0.4 is 0 Å². The number of hydrogen-bond acceptors (Lipinski definition) is 4. The molecule has 1 atom stereocenters. The van der Waals surface area contributed by atoms with Crippen LogP contribution in [0.4, 0.5) is 0 Å². The van der Waals surface area contributed by atoms with Gasteiger partial charge in [0.2, 0.25) is 0 Å². The summed E-state index contributed by atoms with van der Waals surface area (Å²) in [6, 6.07) is 5.62. The van der Waals surface area contributed by atoms with Crippen molar-refractivity contribution in [2.45, 2.75) is 25.8 Å². The van der Waals surface area contributed by atoms with Crippen molar-refractivity contribution in [1.82, 2.24) is 4.98 Å². The van der Waals surface area contributed by atoms with Crippen LogP contribution in [0.15, 0.2) is 28.9 Å². The molecule has 2 rings (SSSR count). The van der Waals surface area contributed by atoms with Crippen LogP contribution in [0.5, 0.6) is 0 Å². The summed E-state index contributed by atoms with van der Waals surface area (Å²) in [6.07, 6.45) is 1.66. The van der Waals surface area contributed by atoms with Crippen LogP contribution in [-0.2, 0) is 16.0 Å². The van der Waals surface area contributed by atoms with E-state index in [1.165, 1.54) is 6.92 Å². The van der Waals surface area contributed by atoms with Gasteiger partial charge in [0.15, 0.2) is 0 Å². The van der Waals surface area contributed by atoms with E-state index in [0.29, 0.717) is 5.56 Å². The zero-order chi connectivity index (χ0) is 15.6. The van der Waals surface area contributed by atoms with Crippen molar-refractivity contribution in [3.8, 4) is 0 Å². The van der Waals surface area contributed by atoms with Gasteiger partial charge in [-0.05, 0) is 30.7 Å². The molecule has 21 heavy (non-hydrogen) atoms. The molecule has 2 aromatic rings. The minimum Gasteiger partial charge on any atom is -0.461 e. The maximum absolute atomic E-state index is 12.0. The summed E-state index contributed by atoms with van der Waals surface area (Å²) in [7, 11) is 0. The van der Waals surface area contributed by atoms with Crippen LogP contribution in [0, 0.1) is 10.1 Å². The highest BCUT2D eigenvalue weighted by atomic mass is 79.9. The first kappa shape index (κ1) is 15.5. The van der Waals surface area contributed by atoms with Gasteiger partial charge in [-0.15, -0.1) is 0 Å². The fraction of sp³-hybridized carbons (Fsp3) is 0.357. The Balaban J connectivity index is 2.42. The molecule has 0 saturated carbocycles. The fourth-order valence-corrected chi connectivity index (χ4v) is 2.53. The Morgan fingerprint density at radius 2 is 2.24 bits per heavy atom. The summed E-state index contributed by atoms with van der Waals surface area (Å²) in [5.74, 6) is -0.820. The van der Waals surface area contributed by atoms with Crippen molar-refractivity contribution in [2.75, 3.05) is 6.61 Å². The molecule has 0 radical (unpaired) electrons. The predicted octanol–water partition coefficient (Wildman–Crippen LogP) is 3.07. The van der Waals surface area contributed by atoms with Crippen molar-refractivity contribution in [3.63, 3.8) is 0 Å². The monoisotopic (exact) mass is 354 g/mol. The summed E-state index contributed by atoms with van der Waals surface area (Å²) in [5.41, 5.74) is -0.228. The molecule has 0 bridgehead atoms. The lowest BCUT2D eigenvalue weighted by atomic mass is 9.93. The van der Waals surface area contributed by atoms with Crippen molar-refractivity contribution < 1.29 is 14.5 Å². The average Bonchev–Trinajstić information content (AvgIpc) is 2.81. The summed E-state index contributed by atoms with van der Waals surface area (Å²) in [4.78, 5) is 25.8. The number of fused-ring (bicyclic) bond motifs is 1. The molecule has 0 amide bonds. The standard InChI is InChI=1S/C14H15BrN2O4/c1-3-21-13(18)14(2,17(19)20)7-9-8-16-12-5-4-10(15)6-11(9)12/h4-6,8,16H,3,7H2,1-2H3. The SMILES string of the molecule is CCOC(=O)C(C)(Cc1c[nH]c2ccc(Br)cc12)[N+](=O)[O-]. The molecular weight excluding hydrogens is 340 g/mol. The first-order chi connectivity index (χ1) is 9.88. The minimum absolute atomic E-state index is 0.0325. The summed E-state index contributed by atoms with van der Waals surface area (Å²) in [6.45, 7) is 3.03. The second-order valence-corrected chi connectivity index (χ2v) is 5.85. The lowest BCUT2D eigenvalue weighted by Gasteiger charge is -2.18. The Hall–Kier alpha value is -1.89. The lowest BCUT2D eigenvalue weighted by Crippen LogP contribution is -2.46. The zero-order valence-corrected chi connectivity index (χ0v) is 13.3. The van der Waals surface area contributed by atoms with Crippen LogP contribution in [0.25, 0.3) is 10.9 Å². The van der Waals surface area contributed by atoms with Crippen molar-refractivity contribution in [1.29, 1.82) is 0 Å². The molecule has 1 unspecified atom stereocenters. The van der Waals surface area contributed by atoms with Gasteiger partial charge in [0.25, 0.3) is 0 Å². The lowest BCUT2D eigenvalue weighted by molar-refractivity contribution is -0.550. The Labute approximate surface area is 129 Å². The normalized spacial score (nSPS) is 13.9. The average molecular weight is 355 g/mol. The molecule has 6 nitrogen and oxygen atoms in total. The highest BCUT2D eigenvalue weighted by Crippen LogP contribution is 2.27. The molecular formula is C14H15BrN2O4. The van der Waals surface area contributed by atoms with Gasteiger partial charge in [-0.2, -0.15) is 0 Å². The molecule has 0 spiro atoms. The third-order valence-corrected chi connectivity index (χ3v) is 3.88. The second kappa shape index (κ2) is 5.85. The number of H-pyrrole nitrogens is 1. The van der Waals surface area contributed by atoms with Crippen molar-refractivity contribution in [2.24, 2.45) is 0 Å². The van der Waals surface area contributed by atoms with Crippen molar-refractivity contribution >= 4 is 32.8 Å². The first-order valence-corrected chi connectivity index (χ1v) is 7.25. The van der Waals surface area contributed by atoms with Gasteiger partial charge in [0.05, 0.1) is 13.0 Å². The Kier molecular flexibility index (Phi) is 4.32. The number of benzene rings is 1. The second-order valence-electron chi connectivity index (χ2n) is 4.93. The number of ether oxygens (including phenoxy) is 1. The van der Waals surface area contributed by atoms with E-state index < -0.39 is 16.4 Å². The molecule has 1 heterocycles. The van der Waals surface area contributed by atoms with E-state index in [9.17, 15) is 14.9 Å². The third-order valence-electron chi connectivity index (χ3n) is 3.38. The van der Waals surface area contributed by atoms with Gasteiger partial charge < -0.3 is 9.72 Å². The summed E-state index contributed by atoms with van der Waals surface area (Å²) in [5, 5.41) is 12.2. The molecule has 0 aliphatic carbocycles. The number of rotatable bonds is 5. The largest absolute Gasteiger partial charge is 0.461 e. The molecule has 0 aliphatic heterocycles. The number of nitrogens with one attached hydrogen (secondary N) is 1. The fourth-order valence-electron chi connectivity index (χ4n) is 2.17. The molecule has 0 fully saturated rings. The quantitative estimate of drug-likeness (QED) is 0.507. The van der Waals surface area contributed by atoms with E-state index >= 15 is 0 Å². The number of esters is 1. The Bertz CT molecular complexity index is 697. The van der Waals surface area contributed by atoms with E-state index in [0.717, 1.165) is 15.4 Å². The molecule has 1 aromatic heterocycles. The van der Waals surface area contributed by atoms with Crippen LogP contribution in [-0.4, -0.2) is 28.0 Å². The van der Waals surface area contributed by atoms with Gasteiger partial charge in [-0.3, -0.25) is 10.1 Å². The van der Waals surface area contributed by atoms with Crippen LogP contribution in [0.3, 0.4) is 0 Å². The highest BCUT2D eigenvalue weighted by Gasteiger charge is 2.48. The highest BCUT2D eigenvalue weighted by molar-refractivity contribution is 9.10. The molecule has 0 aliphatic rings. The predicted molar refractivity (Wildman–Crippen MR) is 81.7 cm³/mol. The molecule has 1 N–H and O–H groups in total. The number of carbonyl (C=O) groups is 1. The topological polar surface area (TPSA) is 85.2 Å². The minimum atomic E-state index is -1.80. The van der Waals surface area contributed by atoms with E-state index in [2.05, 4.69) is 20.9 Å². The van der Waals surface area contributed by atoms with Gasteiger partial charge >= 0.3 is 11.5 Å². The summed E-state index contributed by atoms with van der Waals surface area (Å²) >= 11 is 3.37. The summed E-state index contributed by atoms with van der Waals surface area (Å²) < 4.78 is 5.72. The van der Waals surface area contributed by atoms with E-state index in [-0.39, 0.29) is 13.0 Å². The van der Waals surface area contributed by atoms with Gasteiger partial charge in [0, 0.05) is 33.4 Å². The number of aromatic nitrogens is 1. The molecule has 0 saturated heterocycles. The van der Waals surface area contributed by atoms with Gasteiger partial charge in [0.1, 0.15) is 0 Å². The van der Waals surface area contributed by atoms with Gasteiger partial charge in [-0.1, -0.05) is 15.9 Å². The molecule has 7 heteroatoms. The maximum Gasteiger partial charge on any atom is 0.384 e. The third kappa shape index (κ3) is 2.92. The first-order valence-electron chi connectivity index (χ1n) is 6.45. The number of hydrogen-bond donors (Lipinski definition) is 1. The number of nitrogens with zero attached hydrogens (tertiary/aromatic N) is 1. The number of carbonyl (C=O) groups excluding carboxylic acids is 1. The zero-order valence-electron chi connectivity index (χ0n) is 11.7. The van der Waals surface area contributed by atoms with Crippen molar-refractivity contribution in [3.05, 3.63) is 44.5 Å². The maximum atomic E-state index is 12.0. The molecule has 1 aromatic carbocycles. The van der Waals surface area contributed by atoms with E-state index in [1.54, 1.807) is 13.1 Å². The number of nitro groups is 1. The van der Waals surface area contributed by atoms with Crippen LogP contribution >= 0.6 is 15.9 Å². The molecule has 112 valence electrons. The number of halogens is 1. The van der Waals surface area contributed by atoms with Crippen LogP contribution in [0.1, 0.15) is 19.4 Å². The van der Waals surface area contributed by atoms with E-state index in [1.807, 2.05) is 18.2 Å². The van der Waals surface area contributed by atoms with E-state index in [4.69, 9.17) is 4.74 Å². The van der Waals surface area contributed by atoms with Crippen LogP contribution in [0.2, 0.25) is 0 Å². The Morgan fingerprint density at radius 3 is 2.86 bits per heavy atom. The Morgan fingerprint density at radius 1 is 1.52 bits per heavy atom. The van der Waals surface area contributed by atoms with Gasteiger partial charge in [-0.25, -0.2) is 4.79 Å². The smallest absolute Gasteiger partial charge is 0.384 e. The number of aromatic amines is 1.